The zero-order chi connectivity index (χ0) is 26.2. The van der Waals surface area contributed by atoms with Crippen molar-refractivity contribution < 1.29 is 14.2 Å². The van der Waals surface area contributed by atoms with Gasteiger partial charge in [-0.3, -0.25) is 0 Å². The topological polar surface area (TPSA) is 29.5 Å². The SMILES string of the molecule is OCc1cc(F)ccc1Pc1cc(CC2C=CC=CC2)cc(CC2C=CC=CC2)c1OCc1ccccc1. The van der Waals surface area contributed by atoms with Crippen molar-refractivity contribution in [3.63, 3.8) is 0 Å². The van der Waals surface area contributed by atoms with Gasteiger partial charge in [0.1, 0.15) is 18.2 Å². The first-order valence-corrected chi connectivity index (χ1v) is 14.3. The highest BCUT2D eigenvalue weighted by Gasteiger charge is 2.19. The average Bonchev–Trinajstić information content (AvgIpc) is 2.95. The Balaban J connectivity index is 1.54. The van der Waals surface area contributed by atoms with Crippen LogP contribution in [-0.4, -0.2) is 5.11 Å². The molecule has 2 aliphatic carbocycles. The van der Waals surface area contributed by atoms with Gasteiger partial charge in [-0.2, -0.15) is 0 Å². The number of aliphatic hydroxyl groups excluding tert-OH is 1. The second-order valence-electron chi connectivity index (χ2n) is 10.0. The van der Waals surface area contributed by atoms with Gasteiger partial charge in [0.25, 0.3) is 0 Å². The molecule has 2 aliphatic rings. The van der Waals surface area contributed by atoms with Gasteiger partial charge in [0.05, 0.1) is 6.61 Å². The van der Waals surface area contributed by atoms with Gasteiger partial charge in [-0.15, -0.1) is 0 Å². The van der Waals surface area contributed by atoms with E-state index in [1.54, 1.807) is 6.07 Å². The molecule has 0 saturated heterocycles. The Hall–Kier alpha value is -3.26. The molecule has 0 aliphatic heterocycles. The smallest absolute Gasteiger partial charge is 0.130 e. The van der Waals surface area contributed by atoms with Crippen molar-refractivity contribution in [1.82, 2.24) is 0 Å². The van der Waals surface area contributed by atoms with Crippen molar-refractivity contribution in [2.45, 2.75) is 38.9 Å². The van der Waals surface area contributed by atoms with Crippen LogP contribution >= 0.6 is 8.58 Å². The van der Waals surface area contributed by atoms with Crippen LogP contribution in [-0.2, 0) is 26.1 Å². The Morgan fingerprint density at radius 1 is 0.763 bits per heavy atom. The Labute approximate surface area is 227 Å². The maximum atomic E-state index is 14.0. The van der Waals surface area contributed by atoms with E-state index in [4.69, 9.17) is 4.74 Å². The van der Waals surface area contributed by atoms with E-state index in [1.165, 1.54) is 23.3 Å². The molecule has 0 fully saturated rings. The molecule has 3 atom stereocenters. The van der Waals surface area contributed by atoms with E-state index >= 15 is 0 Å². The van der Waals surface area contributed by atoms with E-state index in [1.807, 2.05) is 18.2 Å². The van der Waals surface area contributed by atoms with Gasteiger partial charge in [-0.1, -0.05) is 99.7 Å². The molecule has 1 N–H and O–H groups in total. The number of benzene rings is 3. The normalized spacial score (nSPS) is 18.5. The minimum absolute atomic E-state index is 0.189. The fourth-order valence-electron chi connectivity index (χ4n) is 5.13. The molecule has 194 valence electrons. The van der Waals surface area contributed by atoms with Crippen LogP contribution in [0.5, 0.6) is 5.75 Å². The molecule has 2 nitrogen and oxygen atoms in total. The average molecular weight is 525 g/mol. The molecule has 3 unspecified atom stereocenters. The summed E-state index contributed by atoms with van der Waals surface area (Å²) in [5, 5.41) is 12.0. The van der Waals surface area contributed by atoms with Gasteiger partial charge in [-0.05, 0) is 83.3 Å². The molecule has 0 heterocycles. The Morgan fingerprint density at radius 2 is 1.50 bits per heavy atom. The van der Waals surface area contributed by atoms with Gasteiger partial charge in [0.15, 0.2) is 0 Å². The predicted octanol–water partition coefficient (Wildman–Crippen LogP) is 6.88. The molecular weight excluding hydrogens is 490 g/mol. The lowest BCUT2D eigenvalue weighted by Gasteiger charge is -2.23. The molecule has 5 rings (SSSR count). The summed E-state index contributed by atoms with van der Waals surface area (Å²) >= 11 is 0. The number of allylic oxidation sites excluding steroid dienone is 8. The minimum Gasteiger partial charge on any atom is -0.488 e. The summed E-state index contributed by atoms with van der Waals surface area (Å²) in [6, 6.07) is 19.6. The third-order valence-corrected chi connectivity index (χ3v) is 8.48. The van der Waals surface area contributed by atoms with Crippen molar-refractivity contribution in [3.05, 3.63) is 137 Å². The number of ether oxygens (including phenoxy) is 1. The number of aliphatic hydroxyl groups is 1. The van der Waals surface area contributed by atoms with Crippen LogP contribution in [0.15, 0.2) is 109 Å². The van der Waals surface area contributed by atoms with Crippen molar-refractivity contribution in [1.29, 1.82) is 0 Å². The summed E-state index contributed by atoms with van der Waals surface area (Å²) in [5.41, 5.74) is 4.26. The van der Waals surface area contributed by atoms with Gasteiger partial charge in [-0.25, -0.2) is 4.39 Å². The maximum Gasteiger partial charge on any atom is 0.130 e. The zero-order valence-corrected chi connectivity index (χ0v) is 22.5. The minimum atomic E-state index is -0.327. The van der Waals surface area contributed by atoms with Crippen molar-refractivity contribution in [2.75, 3.05) is 0 Å². The summed E-state index contributed by atoms with van der Waals surface area (Å²) in [5.74, 6) is 1.48. The van der Waals surface area contributed by atoms with Gasteiger partial charge in [0.2, 0.25) is 0 Å². The molecule has 0 spiro atoms. The third-order valence-electron chi connectivity index (χ3n) is 7.08. The summed E-state index contributed by atoms with van der Waals surface area (Å²) < 4.78 is 20.6. The fraction of sp³-hybridized carbons (Fsp3) is 0.235. The lowest BCUT2D eigenvalue weighted by molar-refractivity contribution is 0.282. The maximum absolute atomic E-state index is 14.0. The van der Waals surface area contributed by atoms with E-state index in [0.29, 0.717) is 24.0 Å². The Kier molecular flexibility index (Phi) is 9.02. The van der Waals surface area contributed by atoms with Crippen molar-refractivity contribution >= 4 is 19.2 Å². The lowest BCUT2D eigenvalue weighted by Crippen LogP contribution is -2.17. The van der Waals surface area contributed by atoms with Gasteiger partial charge < -0.3 is 9.84 Å². The molecule has 0 aromatic heterocycles. The summed E-state index contributed by atoms with van der Waals surface area (Å²) in [6.45, 7) is 0.294. The first kappa shape index (κ1) is 26.4. The molecule has 3 aromatic rings. The molecule has 0 bridgehead atoms. The fourth-order valence-corrected chi connectivity index (χ4v) is 6.50. The molecule has 38 heavy (non-hydrogen) atoms. The van der Waals surface area contributed by atoms with E-state index < -0.39 is 0 Å². The highest BCUT2D eigenvalue weighted by molar-refractivity contribution is 7.55. The van der Waals surface area contributed by atoms with Crippen LogP contribution in [0.4, 0.5) is 4.39 Å². The number of hydrogen-bond donors (Lipinski definition) is 1. The van der Waals surface area contributed by atoms with E-state index in [2.05, 4.69) is 72.9 Å². The van der Waals surface area contributed by atoms with Crippen molar-refractivity contribution in [2.24, 2.45) is 11.8 Å². The number of halogens is 1. The highest BCUT2D eigenvalue weighted by atomic mass is 31.1. The largest absolute Gasteiger partial charge is 0.488 e. The molecule has 0 amide bonds. The van der Waals surface area contributed by atoms with E-state index in [-0.39, 0.29) is 21.0 Å². The number of rotatable bonds is 10. The van der Waals surface area contributed by atoms with Gasteiger partial charge in [0, 0.05) is 5.30 Å². The first-order valence-electron chi connectivity index (χ1n) is 13.3. The van der Waals surface area contributed by atoms with Crippen LogP contribution < -0.4 is 15.3 Å². The monoisotopic (exact) mass is 524 g/mol. The van der Waals surface area contributed by atoms with Crippen LogP contribution in [0.1, 0.15) is 35.1 Å². The third kappa shape index (κ3) is 6.98. The lowest BCUT2D eigenvalue weighted by atomic mass is 9.89. The molecule has 4 heteroatoms. The molecule has 0 radical (unpaired) electrons. The first-order chi connectivity index (χ1) is 18.7. The van der Waals surface area contributed by atoms with Crippen LogP contribution in [0.25, 0.3) is 0 Å². The van der Waals surface area contributed by atoms with Crippen LogP contribution in [0.2, 0.25) is 0 Å². The Morgan fingerprint density at radius 3 is 2.18 bits per heavy atom. The summed E-state index contributed by atoms with van der Waals surface area (Å²) in [6.07, 6.45) is 21.4. The van der Waals surface area contributed by atoms with Crippen molar-refractivity contribution in [3.8, 4) is 5.75 Å². The standard InChI is InChI=1S/C34H34FO2P/c35-31-16-17-32(30(22-31)23-36)38-33-21-28(18-25-10-4-1-5-11-25)20-29(19-26-12-6-2-7-13-26)34(33)37-24-27-14-8-3-9-15-27/h1-10,12,14-17,20-22,25-26,36,38H,11,13,18-19,23-24H2. The number of hydrogen-bond acceptors (Lipinski definition) is 2. The highest BCUT2D eigenvalue weighted by Crippen LogP contribution is 2.32. The zero-order valence-electron chi connectivity index (χ0n) is 21.5. The van der Waals surface area contributed by atoms with E-state index in [9.17, 15) is 9.50 Å². The molecule has 0 saturated carbocycles. The summed E-state index contributed by atoms with van der Waals surface area (Å²) in [7, 11) is 0.247. The van der Waals surface area contributed by atoms with Gasteiger partial charge >= 0.3 is 0 Å². The quantitative estimate of drug-likeness (QED) is 0.293. The second-order valence-corrected chi connectivity index (χ2v) is 11.3. The molecular formula is C34H34FO2P. The van der Waals surface area contributed by atoms with Crippen LogP contribution in [0, 0.1) is 17.7 Å². The van der Waals surface area contributed by atoms with Crippen LogP contribution in [0.3, 0.4) is 0 Å². The molecule has 3 aromatic carbocycles. The second kappa shape index (κ2) is 13.0. The predicted molar refractivity (Wildman–Crippen MR) is 157 cm³/mol. The Bertz CT molecular complexity index is 1360. The summed E-state index contributed by atoms with van der Waals surface area (Å²) in [4.78, 5) is 0. The van der Waals surface area contributed by atoms with E-state index in [0.717, 1.165) is 47.6 Å².